The Hall–Kier alpha value is -4.25. The lowest BCUT2D eigenvalue weighted by molar-refractivity contribution is 0.367. The zero-order valence-electron chi connectivity index (χ0n) is 19.2. The van der Waals surface area contributed by atoms with Crippen molar-refractivity contribution in [2.45, 2.75) is 9.79 Å². The molecule has 0 radical (unpaired) electrons. The molecule has 0 N–H and O–H groups in total. The van der Waals surface area contributed by atoms with Gasteiger partial charge < -0.3 is 14.0 Å². The fourth-order valence-electron chi connectivity index (χ4n) is 4.83. The molecular formula is C32H20O3S. The summed E-state index contributed by atoms with van der Waals surface area (Å²) in [7, 11) is 0. The van der Waals surface area contributed by atoms with Gasteiger partial charge in [0.25, 0.3) is 0 Å². The minimum atomic E-state index is -1.27. The third kappa shape index (κ3) is 3.42. The summed E-state index contributed by atoms with van der Waals surface area (Å²) < 4.78 is 26.2. The van der Waals surface area contributed by atoms with Gasteiger partial charge in [0.05, 0.1) is 0 Å². The van der Waals surface area contributed by atoms with E-state index in [1.54, 1.807) is 0 Å². The predicted octanol–water partition coefficient (Wildman–Crippen LogP) is 8.72. The molecule has 1 aliphatic rings. The SMILES string of the molecule is [O-][S+](c1ccccc1)c1cccc(-c2cc3c(c4ccccc24)Oc2ccc4ccccc4c2O3)c1. The monoisotopic (exact) mass is 484 g/mol. The van der Waals surface area contributed by atoms with Crippen molar-refractivity contribution in [1.29, 1.82) is 0 Å². The number of hydrogen-bond acceptors (Lipinski definition) is 3. The Labute approximate surface area is 211 Å². The maximum atomic E-state index is 13.3. The smallest absolute Gasteiger partial charge is 0.177 e. The number of hydrogen-bond donors (Lipinski definition) is 0. The van der Waals surface area contributed by atoms with Crippen LogP contribution in [0.25, 0.3) is 32.7 Å². The lowest BCUT2D eigenvalue weighted by Crippen LogP contribution is -2.03. The molecule has 0 bridgehead atoms. The van der Waals surface area contributed by atoms with Crippen molar-refractivity contribution in [3.8, 4) is 34.1 Å². The summed E-state index contributed by atoms with van der Waals surface area (Å²) in [6, 6.07) is 39.8. The first-order valence-electron chi connectivity index (χ1n) is 11.8. The zero-order chi connectivity index (χ0) is 24.1. The highest BCUT2D eigenvalue weighted by Gasteiger charge is 2.25. The minimum Gasteiger partial charge on any atom is -0.606 e. The van der Waals surface area contributed by atoms with Gasteiger partial charge in [0.2, 0.25) is 0 Å². The summed E-state index contributed by atoms with van der Waals surface area (Å²) in [5, 5.41) is 4.13. The van der Waals surface area contributed by atoms with E-state index in [0.29, 0.717) is 17.2 Å². The highest BCUT2D eigenvalue weighted by molar-refractivity contribution is 7.91. The third-order valence-electron chi connectivity index (χ3n) is 6.54. The van der Waals surface area contributed by atoms with Crippen LogP contribution in [0.4, 0.5) is 0 Å². The molecule has 7 rings (SSSR count). The maximum absolute atomic E-state index is 13.3. The summed E-state index contributed by atoms with van der Waals surface area (Å²) in [4.78, 5) is 1.54. The van der Waals surface area contributed by atoms with Crippen LogP contribution in [0.5, 0.6) is 23.0 Å². The third-order valence-corrected chi connectivity index (χ3v) is 7.93. The minimum absolute atomic E-state index is 0.669. The Kier molecular flexibility index (Phi) is 4.95. The van der Waals surface area contributed by atoms with Crippen LogP contribution in [-0.4, -0.2) is 4.55 Å². The molecule has 0 saturated carbocycles. The first-order valence-corrected chi connectivity index (χ1v) is 12.9. The van der Waals surface area contributed by atoms with E-state index in [1.807, 2.05) is 97.1 Å². The van der Waals surface area contributed by atoms with E-state index in [-0.39, 0.29) is 0 Å². The number of rotatable bonds is 3. The van der Waals surface area contributed by atoms with E-state index < -0.39 is 11.2 Å². The largest absolute Gasteiger partial charge is 0.606 e. The molecule has 1 heterocycles. The molecular weight excluding hydrogens is 464 g/mol. The first-order chi connectivity index (χ1) is 17.8. The van der Waals surface area contributed by atoms with Gasteiger partial charge >= 0.3 is 0 Å². The molecule has 1 aliphatic heterocycles. The van der Waals surface area contributed by atoms with Gasteiger partial charge in [-0.25, -0.2) is 0 Å². The number of fused-ring (bicyclic) bond motifs is 6. The average Bonchev–Trinajstić information content (AvgIpc) is 2.96. The van der Waals surface area contributed by atoms with Crippen LogP contribution in [0.1, 0.15) is 0 Å². The van der Waals surface area contributed by atoms with E-state index in [4.69, 9.17) is 9.47 Å². The highest BCUT2D eigenvalue weighted by atomic mass is 32.2. The van der Waals surface area contributed by atoms with Crippen molar-refractivity contribution in [3.05, 3.63) is 121 Å². The molecule has 6 aromatic carbocycles. The van der Waals surface area contributed by atoms with Gasteiger partial charge in [-0.1, -0.05) is 84.9 Å². The van der Waals surface area contributed by atoms with E-state index in [2.05, 4.69) is 24.3 Å². The Morgan fingerprint density at radius 1 is 0.500 bits per heavy atom. The Bertz CT molecular complexity index is 1760. The van der Waals surface area contributed by atoms with Crippen molar-refractivity contribution < 1.29 is 14.0 Å². The molecule has 0 spiro atoms. The van der Waals surface area contributed by atoms with Crippen LogP contribution in [0.15, 0.2) is 131 Å². The van der Waals surface area contributed by atoms with Crippen LogP contribution in [0.2, 0.25) is 0 Å². The Morgan fingerprint density at radius 2 is 1.17 bits per heavy atom. The normalized spacial score (nSPS) is 12.9. The van der Waals surface area contributed by atoms with E-state index in [9.17, 15) is 4.55 Å². The van der Waals surface area contributed by atoms with Gasteiger partial charge in [-0.2, -0.15) is 0 Å². The summed E-state index contributed by atoms with van der Waals surface area (Å²) in [5.74, 6) is 2.81. The van der Waals surface area contributed by atoms with Crippen LogP contribution in [-0.2, 0) is 11.2 Å². The number of benzene rings is 6. The zero-order valence-corrected chi connectivity index (χ0v) is 20.0. The first kappa shape index (κ1) is 21.1. The van der Waals surface area contributed by atoms with Crippen LogP contribution >= 0.6 is 0 Å². The highest BCUT2D eigenvalue weighted by Crippen LogP contribution is 2.53. The molecule has 3 nitrogen and oxygen atoms in total. The average molecular weight is 485 g/mol. The van der Waals surface area contributed by atoms with Crippen molar-refractivity contribution in [1.82, 2.24) is 0 Å². The lowest BCUT2D eigenvalue weighted by Gasteiger charge is -2.24. The van der Waals surface area contributed by atoms with Gasteiger partial charge in [-0.15, -0.1) is 0 Å². The predicted molar refractivity (Wildman–Crippen MR) is 145 cm³/mol. The van der Waals surface area contributed by atoms with E-state index in [1.165, 1.54) is 0 Å². The fourth-order valence-corrected chi connectivity index (χ4v) is 5.94. The van der Waals surface area contributed by atoms with Crippen LogP contribution in [0.3, 0.4) is 0 Å². The van der Waals surface area contributed by atoms with Crippen molar-refractivity contribution in [2.24, 2.45) is 0 Å². The quantitative estimate of drug-likeness (QED) is 0.236. The Morgan fingerprint density at radius 3 is 2.03 bits per heavy atom. The molecule has 172 valence electrons. The topological polar surface area (TPSA) is 41.5 Å². The van der Waals surface area contributed by atoms with Crippen molar-refractivity contribution >= 4 is 32.7 Å². The Balaban J connectivity index is 1.39. The van der Waals surface area contributed by atoms with Crippen LogP contribution < -0.4 is 9.47 Å². The van der Waals surface area contributed by atoms with Gasteiger partial charge in [-0.05, 0) is 52.2 Å². The number of ether oxygens (including phenoxy) is 2. The molecule has 0 amide bonds. The molecule has 0 aliphatic carbocycles. The van der Waals surface area contributed by atoms with E-state index in [0.717, 1.165) is 48.2 Å². The van der Waals surface area contributed by atoms with Gasteiger partial charge in [0.1, 0.15) is 0 Å². The molecule has 36 heavy (non-hydrogen) atoms. The fraction of sp³-hybridized carbons (Fsp3) is 0. The molecule has 6 aromatic rings. The van der Waals surface area contributed by atoms with Gasteiger partial charge in [0.15, 0.2) is 32.8 Å². The van der Waals surface area contributed by atoms with Gasteiger partial charge in [-0.3, -0.25) is 0 Å². The lowest BCUT2D eigenvalue weighted by atomic mass is 9.96. The molecule has 0 fully saturated rings. The summed E-state index contributed by atoms with van der Waals surface area (Å²) in [6.45, 7) is 0. The standard InChI is InChI=1S/C32H20O3S/c33-36(23-11-2-1-3-12-23)24-13-8-10-22(19-24)28-20-30-32(27-16-7-6-15-26(27)28)34-29-18-17-21-9-4-5-14-25(21)31(29)35-30/h1-20H. The molecule has 1 unspecified atom stereocenters. The maximum Gasteiger partial charge on any atom is 0.177 e. The van der Waals surface area contributed by atoms with Gasteiger partial charge in [0, 0.05) is 28.0 Å². The summed E-state index contributed by atoms with van der Waals surface area (Å²) in [5.41, 5.74) is 1.98. The summed E-state index contributed by atoms with van der Waals surface area (Å²) in [6.07, 6.45) is 0. The molecule has 1 atom stereocenters. The van der Waals surface area contributed by atoms with Crippen molar-refractivity contribution in [3.63, 3.8) is 0 Å². The van der Waals surface area contributed by atoms with Crippen LogP contribution in [0, 0.1) is 0 Å². The van der Waals surface area contributed by atoms with Crippen molar-refractivity contribution in [2.75, 3.05) is 0 Å². The molecule has 0 aromatic heterocycles. The summed E-state index contributed by atoms with van der Waals surface area (Å²) >= 11 is -1.27. The molecule has 4 heteroatoms. The second kappa shape index (κ2) is 8.45. The second-order valence-electron chi connectivity index (χ2n) is 8.72. The van der Waals surface area contributed by atoms with E-state index >= 15 is 0 Å². The second-order valence-corrected chi connectivity index (χ2v) is 10.2. The molecule has 0 saturated heterocycles.